The van der Waals surface area contributed by atoms with Gasteiger partial charge < -0.3 is 39.0 Å². The summed E-state index contributed by atoms with van der Waals surface area (Å²) in [4.78, 5) is 39.8. The number of carboxylic acid groups (broad SMARTS) is 1. The highest BCUT2D eigenvalue weighted by Gasteiger charge is 2.59. The van der Waals surface area contributed by atoms with Crippen LogP contribution in [0.2, 0.25) is 0 Å². The van der Waals surface area contributed by atoms with Crippen LogP contribution in [0, 0.1) is 46.3 Å². The number of allylic oxidation sites excluding steroid dienone is 1. The number of carboxylic acids is 1. The number of amides is 1. The number of rotatable bonds is 28. The molecule has 9 atom stereocenters. The van der Waals surface area contributed by atoms with E-state index in [0.29, 0.717) is 24.8 Å². The third kappa shape index (κ3) is 15.9. The molecule has 0 bridgehead atoms. The van der Waals surface area contributed by atoms with Gasteiger partial charge in [0, 0.05) is 19.4 Å². The number of hydrogen-bond donors (Lipinski definition) is 2. The minimum Gasteiger partial charge on any atom is -0.497 e. The van der Waals surface area contributed by atoms with Crippen LogP contribution in [-0.2, 0) is 29.4 Å². The number of hydrogen-bond acceptors (Lipinski definition) is 9. The number of ether oxygens (including phenoxy) is 5. The molecule has 4 aliphatic carbocycles. The van der Waals surface area contributed by atoms with Crippen LogP contribution in [0.3, 0.4) is 0 Å². The Hall–Kier alpha value is -4.87. The maximum absolute atomic E-state index is 13.2. The van der Waals surface area contributed by atoms with Crippen LogP contribution in [0.4, 0.5) is 4.79 Å². The van der Waals surface area contributed by atoms with E-state index in [1.807, 2.05) is 78.9 Å². The van der Waals surface area contributed by atoms with Crippen LogP contribution in [0.1, 0.15) is 188 Å². The summed E-state index contributed by atoms with van der Waals surface area (Å²) in [6, 6.07) is 25.7. The Morgan fingerprint density at radius 3 is 1.95 bits per heavy atom. The predicted molar refractivity (Wildman–Crippen MR) is 313 cm³/mol. The van der Waals surface area contributed by atoms with Crippen molar-refractivity contribution >= 4 is 18.0 Å². The van der Waals surface area contributed by atoms with Gasteiger partial charge in [-0.2, -0.15) is 0 Å². The van der Waals surface area contributed by atoms with E-state index in [1.54, 1.807) is 14.2 Å². The fraction of sp³-hybridized carbons (Fsp3) is 0.657. The van der Waals surface area contributed by atoms with E-state index < -0.39 is 23.6 Å². The molecule has 0 aromatic heterocycles. The van der Waals surface area contributed by atoms with Gasteiger partial charge in [-0.25, -0.2) is 4.79 Å². The smallest absolute Gasteiger partial charge is 0.407 e. The molecule has 0 heterocycles. The Morgan fingerprint density at radius 2 is 1.36 bits per heavy atom. The van der Waals surface area contributed by atoms with Crippen molar-refractivity contribution in [3.8, 4) is 11.5 Å². The zero-order valence-corrected chi connectivity index (χ0v) is 49.6. The lowest BCUT2D eigenvalue weighted by Gasteiger charge is -2.58. The lowest BCUT2D eigenvalue weighted by Crippen LogP contribution is -2.51. The van der Waals surface area contributed by atoms with Crippen LogP contribution in [0.25, 0.3) is 0 Å². The van der Waals surface area contributed by atoms with E-state index >= 15 is 0 Å². The highest BCUT2D eigenvalue weighted by Crippen LogP contribution is 2.67. The van der Waals surface area contributed by atoms with Gasteiger partial charge in [0.05, 0.1) is 33.7 Å². The summed E-state index contributed by atoms with van der Waals surface area (Å²) < 4.78 is 30.1. The Labute approximate surface area is 470 Å². The molecule has 1 unspecified atom stereocenters. The first-order valence-corrected chi connectivity index (χ1v) is 30.3. The summed E-state index contributed by atoms with van der Waals surface area (Å²) in [6.45, 7) is 23.3. The van der Waals surface area contributed by atoms with Gasteiger partial charge in [0.2, 0.25) is 0 Å². The van der Waals surface area contributed by atoms with Gasteiger partial charge in [0.1, 0.15) is 29.3 Å². The molecular weight excluding hydrogens is 977 g/mol. The number of alkyl carbamates (subject to hydrolysis) is 1. The third-order valence-electron chi connectivity index (χ3n) is 19.1. The minimum atomic E-state index is -1.05. The number of carbonyl (C=O) groups excluding carboxylic acids is 2. The van der Waals surface area contributed by atoms with Crippen LogP contribution in [-0.4, -0.2) is 87.3 Å². The quantitative estimate of drug-likeness (QED) is 0.0313. The highest BCUT2D eigenvalue weighted by molar-refractivity contribution is 5.76. The molecule has 78 heavy (non-hydrogen) atoms. The average molecular weight is 1080 g/mol. The Kier molecular flexibility index (Phi) is 24.0. The molecule has 1 amide bonds. The van der Waals surface area contributed by atoms with Gasteiger partial charge in [0.25, 0.3) is 0 Å². The fourth-order valence-electron chi connectivity index (χ4n) is 14.6. The Morgan fingerprint density at radius 1 is 0.718 bits per heavy atom. The molecule has 3 fully saturated rings. The van der Waals surface area contributed by atoms with E-state index in [4.69, 9.17) is 23.7 Å². The number of esters is 1. The number of aliphatic carboxylic acids is 1. The van der Waals surface area contributed by atoms with Crippen molar-refractivity contribution in [3.63, 3.8) is 0 Å². The maximum atomic E-state index is 13.2. The summed E-state index contributed by atoms with van der Waals surface area (Å²) >= 11 is 0. The molecule has 3 aromatic rings. The lowest BCUT2D eigenvalue weighted by molar-refractivity contribution is -0.153. The summed E-state index contributed by atoms with van der Waals surface area (Å²) in [5.41, 5.74) is 3.87. The van der Waals surface area contributed by atoms with Crippen molar-refractivity contribution in [3.05, 3.63) is 107 Å². The predicted octanol–water partition coefficient (Wildman–Crippen LogP) is 15.2. The van der Waals surface area contributed by atoms with Crippen molar-refractivity contribution < 1.29 is 43.2 Å². The standard InChI is InChI=1S/C61H85NO9.C6H15N/c1-42(2)15-14-16-43(3)53-30-31-54-52-29-24-47-41-51(34-37-59(47,4)55(52)35-38-60(53,54)5)71-58(66)62-39-13-9-12-19-50(70-57(65)33-32-56(63)64)36-40-69-61(44-17-10-8-11-18-44,45-20-25-48(67-6)26-21-45)46-22-27-49(68-7)28-23-46;1-4-7(5-2)6-3/h8,10-11,17-18,20-28,42-43,50-55H,9,12-16,19,29-41H2,1-7H3,(H,62,66)(H,63,64);4-6H2,1-3H3/t43-,50?,51+,52+,53-,54+,55+,59+,60-;/m1./s1. The third-order valence-corrected chi connectivity index (χ3v) is 19.1. The summed E-state index contributed by atoms with van der Waals surface area (Å²) in [5.74, 6) is 4.64. The van der Waals surface area contributed by atoms with Crippen LogP contribution in [0.15, 0.2) is 90.5 Å². The first kappa shape index (κ1) is 62.3. The molecule has 11 nitrogen and oxygen atoms in total. The largest absolute Gasteiger partial charge is 0.497 e. The molecule has 7 rings (SSSR count). The second kappa shape index (κ2) is 30.1. The van der Waals surface area contributed by atoms with E-state index in [2.05, 4.69) is 71.7 Å². The lowest BCUT2D eigenvalue weighted by atomic mass is 9.47. The van der Waals surface area contributed by atoms with Crippen molar-refractivity contribution in [1.82, 2.24) is 10.2 Å². The van der Waals surface area contributed by atoms with E-state index in [1.165, 1.54) is 76.6 Å². The summed E-state index contributed by atoms with van der Waals surface area (Å²) in [5, 5.41) is 12.3. The number of benzene rings is 3. The molecule has 3 saturated carbocycles. The van der Waals surface area contributed by atoms with Gasteiger partial charge >= 0.3 is 18.0 Å². The maximum Gasteiger partial charge on any atom is 0.407 e. The molecule has 4 aliphatic rings. The fourth-order valence-corrected chi connectivity index (χ4v) is 14.6. The minimum absolute atomic E-state index is 0.101. The molecule has 3 aromatic carbocycles. The van der Waals surface area contributed by atoms with Crippen molar-refractivity contribution in [2.45, 2.75) is 189 Å². The first-order valence-electron chi connectivity index (χ1n) is 30.3. The van der Waals surface area contributed by atoms with E-state index in [0.717, 1.165) is 102 Å². The molecule has 0 saturated heterocycles. The number of carbonyl (C=O) groups is 3. The number of fused-ring (bicyclic) bond motifs is 5. The van der Waals surface area contributed by atoms with Crippen molar-refractivity contribution in [2.75, 3.05) is 47.0 Å². The number of nitrogens with one attached hydrogen (secondary N) is 1. The molecule has 2 N–H and O–H groups in total. The SMILES string of the molecule is CCN(CC)CC.COc1ccc(C(OCCC(CCCCCNC(=O)O[C@H]2CC[C@@]3(C)C(=CC[C@H]4[C@@H]5CC[C@H]([C@H](C)CCCC(C)C)[C@@]5(C)CC[C@@H]43)C2)OC(=O)CCC(=O)O)(c2ccccc2)c2ccc(OC)cc2)cc1. The highest BCUT2D eigenvalue weighted by atomic mass is 16.6. The Bertz CT molecular complexity index is 2260. The molecule has 0 aliphatic heterocycles. The molecule has 432 valence electrons. The van der Waals surface area contributed by atoms with Gasteiger partial charge in [-0.05, 0) is 171 Å². The van der Waals surface area contributed by atoms with Gasteiger partial charge in [-0.15, -0.1) is 0 Å². The zero-order chi connectivity index (χ0) is 56.3. The average Bonchev–Trinajstić information content (AvgIpc) is 4.03. The van der Waals surface area contributed by atoms with Gasteiger partial charge in [-0.1, -0.05) is 147 Å². The first-order chi connectivity index (χ1) is 37.5. The Balaban J connectivity index is 0.00000131. The van der Waals surface area contributed by atoms with Crippen LogP contribution >= 0.6 is 0 Å². The van der Waals surface area contributed by atoms with Gasteiger partial charge in [0.15, 0.2) is 0 Å². The molecule has 0 radical (unpaired) electrons. The normalized spacial score (nSPS) is 24.3. The molecule has 0 spiro atoms. The number of nitrogens with zero attached hydrogens (tertiary/aromatic N) is 1. The summed E-state index contributed by atoms with van der Waals surface area (Å²) in [7, 11) is 3.27. The van der Waals surface area contributed by atoms with E-state index in [9.17, 15) is 19.5 Å². The van der Waals surface area contributed by atoms with E-state index in [-0.39, 0.29) is 37.1 Å². The van der Waals surface area contributed by atoms with Gasteiger partial charge in [-0.3, -0.25) is 9.59 Å². The topological polar surface area (TPSA) is 133 Å². The molecular formula is C67H100N2O9. The second-order valence-electron chi connectivity index (χ2n) is 24.1. The second-order valence-corrected chi connectivity index (χ2v) is 24.1. The van der Waals surface area contributed by atoms with Crippen LogP contribution < -0.4 is 14.8 Å². The monoisotopic (exact) mass is 1080 g/mol. The zero-order valence-electron chi connectivity index (χ0n) is 49.6. The van der Waals surface area contributed by atoms with Crippen molar-refractivity contribution in [1.29, 1.82) is 0 Å². The number of methoxy groups -OCH3 is 2. The van der Waals surface area contributed by atoms with Crippen molar-refractivity contribution in [2.24, 2.45) is 46.3 Å². The molecule has 11 heteroatoms. The summed E-state index contributed by atoms with van der Waals surface area (Å²) in [6.07, 6.45) is 17.9. The van der Waals surface area contributed by atoms with Crippen LogP contribution in [0.5, 0.6) is 11.5 Å². The number of unbranched alkanes of at least 4 members (excludes halogenated alkanes) is 2.